The molecular formula is C20H21NO. The lowest BCUT2D eigenvalue weighted by Crippen LogP contribution is -2.28. The van der Waals surface area contributed by atoms with Crippen molar-refractivity contribution in [3.05, 3.63) is 95.7 Å². The number of hydrogen-bond acceptors (Lipinski definition) is 2. The Balaban J connectivity index is 1.68. The van der Waals surface area contributed by atoms with Crippen molar-refractivity contribution in [3.8, 4) is 0 Å². The van der Waals surface area contributed by atoms with Gasteiger partial charge in [0.15, 0.2) is 0 Å². The van der Waals surface area contributed by atoms with E-state index >= 15 is 0 Å². The number of hydrogen-bond donors (Lipinski definition) is 2. The highest BCUT2D eigenvalue weighted by atomic mass is 16.3. The van der Waals surface area contributed by atoms with Crippen molar-refractivity contribution in [2.45, 2.75) is 25.0 Å². The van der Waals surface area contributed by atoms with Gasteiger partial charge in [-0.1, -0.05) is 67.8 Å². The van der Waals surface area contributed by atoms with Gasteiger partial charge < -0.3 is 10.4 Å². The lowest BCUT2D eigenvalue weighted by molar-refractivity contribution is 0.146. The Kier molecular flexibility index (Phi) is 4.12. The van der Waals surface area contributed by atoms with E-state index in [0.29, 0.717) is 6.42 Å². The molecule has 1 aliphatic rings. The molecule has 0 bridgehead atoms. The molecular weight excluding hydrogens is 270 g/mol. The molecule has 2 aromatic carbocycles. The molecule has 112 valence electrons. The molecule has 2 aromatic rings. The topological polar surface area (TPSA) is 32.3 Å². The smallest absolute Gasteiger partial charge is 0.0823 e. The summed E-state index contributed by atoms with van der Waals surface area (Å²) in [7, 11) is 0. The molecule has 0 amide bonds. The maximum Gasteiger partial charge on any atom is 0.0823 e. The summed E-state index contributed by atoms with van der Waals surface area (Å²) in [5, 5.41) is 13.7. The molecule has 0 saturated carbocycles. The van der Waals surface area contributed by atoms with Crippen molar-refractivity contribution in [2.75, 3.05) is 0 Å². The summed E-state index contributed by atoms with van der Waals surface area (Å²) in [4.78, 5) is 0. The normalized spacial score (nSPS) is 19.5. The minimum Gasteiger partial charge on any atom is -0.390 e. The Morgan fingerprint density at radius 3 is 2.50 bits per heavy atom. The molecule has 0 spiro atoms. The van der Waals surface area contributed by atoms with Crippen molar-refractivity contribution in [2.24, 2.45) is 0 Å². The first kappa shape index (κ1) is 14.6. The van der Waals surface area contributed by atoms with Crippen LogP contribution in [0.1, 0.15) is 22.7 Å². The molecule has 0 unspecified atom stereocenters. The number of rotatable bonds is 5. The summed E-state index contributed by atoms with van der Waals surface area (Å²) in [6, 6.07) is 18.3. The second-order valence-corrected chi connectivity index (χ2v) is 5.84. The average Bonchev–Trinajstić information content (AvgIpc) is 2.84. The van der Waals surface area contributed by atoms with Crippen LogP contribution in [0.15, 0.2) is 79.0 Å². The SMILES string of the molecule is C=C(Cc1ccccc1)C(=C)N[C@H]1c2ccccc2C[C@H]1O. The number of benzene rings is 2. The van der Waals surface area contributed by atoms with E-state index in [1.54, 1.807) is 0 Å². The van der Waals surface area contributed by atoms with Gasteiger partial charge in [-0.15, -0.1) is 0 Å². The summed E-state index contributed by atoms with van der Waals surface area (Å²) in [5.74, 6) is 0. The average molecular weight is 291 g/mol. The van der Waals surface area contributed by atoms with Crippen molar-refractivity contribution >= 4 is 0 Å². The maximum absolute atomic E-state index is 10.3. The minimum atomic E-state index is -0.418. The van der Waals surface area contributed by atoms with Gasteiger partial charge in [0.1, 0.15) is 0 Å². The number of nitrogens with one attached hydrogen (secondary N) is 1. The van der Waals surface area contributed by atoms with Crippen LogP contribution in [-0.4, -0.2) is 11.2 Å². The first-order valence-electron chi connectivity index (χ1n) is 7.58. The van der Waals surface area contributed by atoms with Gasteiger partial charge in [0.2, 0.25) is 0 Å². The van der Waals surface area contributed by atoms with Crippen LogP contribution in [0.5, 0.6) is 0 Å². The third-order valence-corrected chi connectivity index (χ3v) is 4.22. The third-order valence-electron chi connectivity index (χ3n) is 4.22. The predicted octanol–water partition coefficient (Wildman–Crippen LogP) is 3.55. The van der Waals surface area contributed by atoms with E-state index in [1.807, 2.05) is 30.3 Å². The molecule has 2 nitrogen and oxygen atoms in total. The van der Waals surface area contributed by atoms with Crippen LogP contribution in [-0.2, 0) is 12.8 Å². The lowest BCUT2D eigenvalue weighted by atomic mass is 10.0. The van der Waals surface area contributed by atoms with Crippen LogP contribution >= 0.6 is 0 Å². The standard InChI is InChI=1S/C20H21NO/c1-14(12-16-8-4-3-5-9-16)15(2)21-20-18-11-7-6-10-17(18)13-19(20)22/h3-11,19-22H,1-2,12-13H2/t19-,20+/m1/s1. The molecule has 0 heterocycles. The van der Waals surface area contributed by atoms with Crippen LogP contribution in [0.3, 0.4) is 0 Å². The van der Waals surface area contributed by atoms with Crippen molar-refractivity contribution in [1.29, 1.82) is 0 Å². The maximum atomic E-state index is 10.3. The van der Waals surface area contributed by atoms with Crippen LogP contribution < -0.4 is 5.32 Å². The number of allylic oxidation sites excluding steroid dienone is 1. The first-order chi connectivity index (χ1) is 10.6. The van der Waals surface area contributed by atoms with E-state index in [-0.39, 0.29) is 6.04 Å². The highest BCUT2D eigenvalue weighted by Crippen LogP contribution is 2.32. The Morgan fingerprint density at radius 1 is 1.05 bits per heavy atom. The molecule has 0 aliphatic heterocycles. The zero-order valence-corrected chi connectivity index (χ0v) is 12.6. The van der Waals surface area contributed by atoms with Gasteiger partial charge >= 0.3 is 0 Å². The van der Waals surface area contributed by atoms with E-state index in [1.165, 1.54) is 11.1 Å². The molecule has 22 heavy (non-hydrogen) atoms. The van der Waals surface area contributed by atoms with E-state index < -0.39 is 6.10 Å². The lowest BCUT2D eigenvalue weighted by Gasteiger charge is -2.22. The van der Waals surface area contributed by atoms with Crippen LogP contribution in [0, 0.1) is 0 Å². The van der Waals surface area contributed by atoms with Gasteiger partial charge in [-0.25, -0.2) is 0 Å². The van der Waals surface area contributed by atoms with Crippen LogP contribution in [0.25, 0.3) is 0 Å². The largest absolute Gasteiger partial charge is 0.390 e. The predicted molar refractivity (Wildman–Crippen MR) is 90.5 cm³/mol. The number of aliphatic hydroxyl groups is 1. The van der Waals surface area contributed by atoms with Gasteiger partial charge in [-0.2, -0.15) is 0 Å². The molecule has 0 aromatic heterocycles. The molecule has 0 saturated heterocycles. The first-order valence-corrected chi connectivity index (χ1v) is 7.58. The fourth-order valence-corrected chi connectivity index (χ4v) is 2.99. The van der Waals surface area contributed by atoms with Crippen molar-refractivity contribution < 1.29 is 5.11 Å². The fraction of sp³-hybridized carbons (Fsp3) is 0.200. The second kappa shape index (κ2) is 6.20. The quantitative estimate of drug-likeness (QED) is 0.826. The summed E-state index contributed by atoms with van der Waals surface area (Å²) in [5.41, 5.74) is 5.31. The zero-order valence-electron chi connectivity index (χ0n) is 12.6. The van der Waals surface area contributed by atoms with Crippen LogP contribution in [0.4, 0.5) is 0 Å². The third kappa shape index (κ3) is 2.97. The Morgan fingerprint density at radius 2 is 1.73 bits per heavy atom. The van der Waals surface area contributed by atoms with E-state index in [9.17, 15) is 5.11 Å². The van der Waals surface area contributed by atoms with Gasteiger partial charge in [0, 0.05) is 12.1 Å². The molecule has 2 atom stereocenters. The molecule has 3 rings (SSSR count). The van der Waals surface area contributed by atoms with E-state index in [4.69, 9.17) is 0 Å². The molecule has 0 radical (unpaired) electrons. The number of fused-ring (bicyclic) bond motifs is 1. The Bertz CT molecular complexity index is 690. The van der Waals surface area contributed by atoms with Crippen LogP contribution in [0.2, 0.25) is 0 Å². The molecule has 2 heteroatoms. The summed E-state index contributed by atoms with van der Waals surface area (Å²) < 4.78 is 0. The molecule has 2 N–H and O–H groups in total. The van der Waals surface area contributed by atoms with E-state index in [0.717, 1.165) is 23.3 Å². The number of aliphatic hydroxyl groups excluding tert-OH is 1. The van der Waals surface area contributed by atoms with Crippen molar-refractivity contribution in [1.82, 2.24) is 5.32 Å². The fourth-order valence-electron chi connectivity index (χ4n) is 2.99. The van der Waals surface area contributed by atoms with Gasteiger partial charge in [0.05, 0.1) is 12.1 Å². The summed E-state index contributed by atoms with van der Waals surface area (Å²) in [6.45, 7) is 8.23. The van der Waals surface area contributed by atoms with Gasteiger partial charge in [-0.3, -0.25) is 0 Å². The van der Waals surface area contributed by atoms with Crippen molar-refractivity contribution in [3.63, 3.8) is 0 Å². The van der Waals surface area contributed by atoms with E-state index in [2.05, 4.69) is 42.7 Å². The minimum absolute atomic E-state index is 0.101. The summed E-state index contributed by atoms with van der Waals surface area (Å²) >= 11 is 0. The van der Waals surface area contributed by atoms with Gasteiger partial charge in [-0.05, 0) is 28.7 Å². The Hall–Kier alpha value is -2.32. The molecule has 1 aliphatic carbocycles. The molecule has 0 fully saturated rings. The zero-order chi connectivity index (χ0) is 15.5. The second-order valence-electron chi connectivity index (χ2n) is 5.84. The highest BCUT2D eigenvalue weighted by molar-refractivity contribution is 5.39. The highest BCUT2D eigenvalue weighted by Gasteiger charge is 2.30. The summed E-state index contributed by atoms with van der Waals surface area (Å²) in [6.07, 6.45) is 1.03. The monoisotopic (exact) mass is 291 g/mol. The Labute approximate surface area is 131 Å². The van der Waals surface area contributed by atoms with Gasteiger partial charge in [0.25, 0.3) is 0 Å².